The molecule has 0 fully saturated rings. The molecule has 0 bridgehead atoms. The van der Waals surface area contributed by atoms with Gasteiger partial charge in [0.15, 0.2) is 0 Å². The van der Waals surface area contributed by atoms with Crippen LogP contribution in [0.4, 0.5) is 0 Å². The first-order valence-electron chi connectivity index (χ1n) is 10.3. The minimum atomic E-state index is 0.312. The maximum absolute atomic E-state index is 5.57. The van der Waals surface area contributed by atoms with Gasteiger partial charge >= 0.3 is 7.69 Å². The highest BCUT2D eigenvalue weighted by Crippen LogP contribution is 2.21. The summed E-state index contributed by atoms with van der Waals surface area (Å²) in [5, 5.41) is 0. The van der Waals surface area contributed by atoms with Crippen LogP contribution in [-0.2, 0) is 0 Å². The van der Waals surface area contributed by atoms with Crippen molar-refractivity contribution in [3.63, 3.8) is 0 Å². The molecular formula is C26H34BO2. The molecule has 0 unspecified atom stereocenters. The van der Waals surface area contributed by atoms with Crippen LogP contribution in [0.5, 0.6) is 11.5 Å². The summed E-state index contributed by atoms with van der Waals surface area (Å²) in [5.41, 5.74) is 2.95. The molecule has 0 saturated heterocycles. The minimum Gasteiger partial charge on any atom is -0.526 e. The molecule has 2 rings (SSSR count). The number of allylic oxidation sites excluding steroid dienone is 2. The monoisotopic (exact) mass is 389 g/mol. The summed E-state index contributed by atoms with van der Waals surface area (Å²) in [6.07, 6.45) is 10.8. The van der Waals surface area contributed by atoms with Crippen LogP contribution in [0.2, 0.25) is 0 Å². The number of hydrogen-bond donors (Lipinski definition) is 0. The van der Waals surface area contributed by atoms with E-state index in [0.29, 0.717) is 10.8 Å². The Morgan fingerprint density at radius 2 is 0.966 bits per heavy atom. The maximum atomic E-state index is 5.57. The highest BCUT2D eigenvalue weighted by atomic mass is 16.6. The van der Waals surface area contributed by atoms with E-state index in [1.807, 2.05) is 48.5 Å². The lowest BCUT2D eigenvalue weighted by Gasteiger charge is -2.14. The fourth-order valence-corrected chi connectivity index (χ4v) is 2.55. The Morgan fingerprint density at radius 1 is 0.621 bits per heavy atom. The van der Waals surface area contributed by atoms with Gasteiger partial charge in [-0.2, -0.15) is 0 Å². The molecule has 153 valence electrons. The van der Waals surface area contributed by atoms with Gasteiger partial charge in [0.25, 0.3) is 0 Å². The van der Waals surface area contributed by atoms with Crippen molar-refractivity contribution < 1.29 is 9.31 Å². The van der Waals surface area contributed by atoms with E-state index in [4.69, 9.17) is 9.31 Å². The smallest absolute Gasteiger partial charge is 0.526 e. The van der Waals surface area contributed by atoms with E-state index in [-0.39, 0.29) is 0 Å². The molecule has 0 heterocycles. The molecule has 0 saturated carbocycles. The summed E-state index contributed by atoms with van der Waals surface area (Å²) in [7, 11) is 1.37. The Morgan fingerprint density at radius 3 is 1.28 bits per heavy atom. The Hall–Kier alpha value is -2.42. The van der Waals surface area contributed by atoms with Crippen LogP contribution in [0.15, 0.2) is 60.7 Å². The van der Waals surface area contributed by atoms with Crippen molar-refractivity contribution in [1.82, 2.24) is 0 Å². The third-order valence-electron chi connectivity index (χ3n) is 4.21. The van der Waals surface area contributed by atoms with Gasteiger partial charge in [0.1, 0.15) is 11.5 Å². The topological polar surface area (TPSA) is 18.5 Å². The van der Waals surface area contributed by atoms with Gasteiger partial charge in [-0.3, -0.25) is 0 Å². The summed E-state index contributed by atoms with van der Waals surface area (Å²) in [6, 6.07) is 15.9. The van der Waals surface area contributed by atoms with Crippen molar-refractivity contribution in [1.29, 1.82) is 0 Å². The Bertz CT molecular complexity index is 719. The summed E-state index contributed by atoms with van der Waals surface area (Å²) < 4.78 is 11.1. The fraction of sp³-hybridized carbons (Fsp3) is 0.385. The van der Waals surface area contributed by atoms with Crippen LogP contribution in [0.3, 0.4) is 0 Å². The first kappa shape index (κ1) is 22.9. The third-order valence-corrected chi connectivity index (χ3v) is 4.21. The zero-order chi connectivity index (χ0) is 21.3. The number of rotatable bonds is 8. The molecule has 0 aliphatic heterocycles. The van der Waals surface area contributed by atoms with Crippen LogP contribution in [-0.4, -0.2) is 7.69 Å². The van der Waals surface area contributed by atoms with Gasteiger partial charge in [0, 0.05) is 0 Å². The van der Waals surface area contributed by atoms with Crippen LogP contribution in [0, 0.1) is 10.8 Å². The standard InChI is InChI=1S/C26H34BO2/c1-25(2,3)19-7-9-21-11-15-23(16-12-21)28-27-29-24-17-13-22(14-18-24)10-8-20-26(4,5)6/h7-18H,19-20H2,1-6H3. The first-order chi connectivity index (χ1) is 13.6. The molecule has 0 atom stereocenters. The zero-order valence-corrected chi connectivity index (χ0v) is 18.7. The maximum Gasteiger partial charge on any atom is 0.658 e. The fourth-order valence-electron chi connectivity index (χ4n) is 2.55. The van der Waals surface area contributed by atoms with E-state index in [1.165, 1.54) is 7.69 Å². The van der Waals surface area contributed by atoms with Gasteiger partial charge in [0.2, 0.25) is 0 Å². The van der Waals surface area contributed by atoms with Gasteiger partial charge in [-0.1, -0.05) is 90.1 Å². The summed E-state index contributed by atoms with van der Waals surface area (Å²) in [4.78, 5) is 0. The highest BCUT2D eigenvalue weighted by Gasteiger charge is 2.07. The summed E-state index contributed by atoms with van der Waals surface area (Å²) >= 11 is 0. The zero-order valence-electron chi connectivity index (χ0n) is 18.7. The van der Waals surface area contributed by atoms with Crippen molar-refractivity contribution in [2.45, 2.75) is 54.4 Å². The predicted octanol–water partition coefficient (Wildman–Crippen LogP) is 7.58. The molecule has 0 N–H and O–H groups in total. The molecule has 2 aromatic rings. The average molecular weight is 389 g/mol. The van der Waals surface area contributed by atoms with Crippen LogP contribution < -0.4 is 9.31 Å². The lowest BCUT2D eigenvalue weighted by molar-refractivity contribution is 0.421. The second kappa shape index (κ2) is 10.4. The Kier molecular flexibility index (Phi) is 8.19. The number of hydrogen-bond acceptors (Lipinski definition) is 2. The predicted molar refractivity (Wildman–Crippen MR) is 126 cm³/mol. The lowest BCUT2D eigenvalue weighted by Crippen LogP contribution is -2.10. The molecule has 0 aliphatic rings. The van der Waals surface area contributed by atoms with E-state index in [2.05, 4.69) is 65.8 Å². The average Bonchev–Trinajstić information content (AvgIpc) is 2.62. The van der Waals surface area contributed by atoms with E-state index in [0.717, 1.165) is 35.5 Å². The van der Waals surface area contributed by atoms with Crippen molar-refractivity contribution >= 4 is 19.8 Å². The van der Waals surface area contributed by atoms with Gasteiger partial charge in [-0.25, -0.2) is 0 Å². The molecule has 0 aliphatic carbocycles. The quantitative estimate of drug-likeness (QED) is 0.433. The second-order valence-electron chi connectivity index (χ2n) is 9.80. The largest absolute Gasteiger partial charge is 0.658 e. The molecule has 0 spiro atoms. The molecule has 2 nitrogen and oxygen atoms in total. The molecule has 29 heavy (non-hydrogen) atoms. The molecule has 3 heteroatoms. The van der Waals surface area contributed by atoms with E-state index in [9.17, 15) is 0 Å². The SMILES string of the molecule is CC(C)(C)CC=Cc1ccc(O[B]Oc2ccc(C=CCC(C)(C)C)cc2)cc1. The molecule has 0 amide bonds. The number of benzene rings is 2. The van der Waals surface area contributed by atoms with Crippen molar-refractivity contribution in [2.24, 2.45) is 10.8 Å². The van der Waals surface area contributed by atoms with Crippen LogP contribution in [0.25, 0.3) is 12.2 Å². The Balaban J connectivity index is 1.76. The third kappa shape index (κ3) is 10.1. The molecular weight excluding hydrogens is 355 g/mol. The molecule has 0 aromatic heterocycles. The van der Waals surface area contributed by atoms with E-state index >= 15 is 0 Å². The second-order valence-corrected chi connectivity index (χ2v) is 9.80. The van der Waals surface area contributed by atoms with Gasteiger partial charge in [0.05, 0.1) is 0 Å². The van der Waals surface area contributed by atoms with Gasteiger partial charge in [-0.15, -0.1) is 0 Å². The molecule has 2 aromatic carbocycles. The van der Waals surface area contributed by atoms with Crippen molar-refractivity contribution in [3.05, 3.63) is 71.8 Å². The minimum absolute atomic E-state index is 0.312. The summed E-state index contributed by atoms with van der Waals surface area (Å²) in [5.74, 6) is 1.50. The van der Waals surface area contributed by atoms with Crippen molar-refractivity contribution in [2.75, 3.05) is 0 Å². The van der Waals surface area contributed by atoms with Gasteiger partial charge < -0.3 is 9.31 Å². The summed E-state index contributed by atoms with van der Waals surface area (Å²) in [6.45, 7) is 13.4. The first-order valence-corrected chi connectivity index (χ1v) is 10.3. The highest BCUT2D eigenvalue weighted by molar-refractivity contribution is 6.20. The normalized spacial score (nSPS) is 12.5. The molecule has 1 radical (unpaired) electrons. The van der Waals surface area contributed by atoms with E-state index < -0.39 is 0 Å². The van der Waals surface area contributed by atoms with Crippen LogP contribution in [0.1, 0.15) is 65.5 Å². The van der Waals surface area contributed by atoms with E-state index in [1.54, 1.807) is 0 Å². The lowest BCUT2D eigenvalue weighted by atomic mass is 9.92. The van der Waals surface area contributed by atoms with Gasteiger partial charge in [-0.05, 0) is 59.1 Å². The van der Waals surface area contributed by atoms with Crippen molar-refractivity contribution in [3.8, 4) is 11.5 Å². The van der Waals surface area contributed by atoms with Crippen LogP contribution >= 0.6 is 0 Å². The Labute approximate surface area is 178 Å².